The maximum absolute atomic E-state index is 6.19. The van der Waals surface area contributed by atoms with Crippen molar-refractivity contribution in [2.24, 2.45) is 0 Å². The van der Waals surface area contributed by atoms with E-state index in [1.807, 2.05) is 24.3 Å². The molecule has 3 heterocycles. The normalized spacial score (nSPS) is 27.8. The number of hydrogen-bond donors (Lipinski definition) is 1. The summed E-state index contributed by atoms with van der Waals surface area (Å²) in [7, 11) is 2.31. The Hall–Kier alpha value is -1.30. The third-order valence-corrected chi connectivity index (χ3v) is 5.86. The highest BCUT2D eigenvalue weighted by Gasteiger charge is 2.39. The summed E-state index contributed by atoms with van der Waals surface area (Å²) in [6.07, 6.45) is 3.84. The van der Waals surface area contributed by atoms with E-state index in [0.29, 0.717) is 12.1 Å². The maximum Gasteiger partial charge on any atom is 0.161 e. The highest BCUT2D eigenvalue weighted by atomic mass is 16.6. The van der Waals surface area contributed by atoms with Gasteiger partial charge in [-0.2, -0.15) is 0 Å². The first-order valence-corrected chi connectivity index (χ1v) is 9.28. The number of fused-ring (bicyclic) bond motifs is 1. The van der Waals surface area contributed by atoms with Crippen molar-refractivity contribution in [3.8, 4) is 11.5 Å². The molecule has 3 aliphatic rings. The van der Waals surface area contributed by atoms with Crippen molar-refractivity contribution in [2.45, 2.75) is 30.9 Å². The van der Waals surface area contributed by atoms with Crippen molar-refractivity contribution in [2.75, 3.05) is 52.9 Å². The van der Waals surface area contributed by atoms with Crippen molar-refractivity contribution >= 4 is 0 Å². The molecule has 1 N–H and O–H groups in total. The van der Waals surface area contributed by atoms with Crippen molar-refractivity contribution in [3.63, 3.8) is 0 Å². The van der Waals surface area contributed by atoms with Gasteiger partial charge in [-0.05, 0) is 64.6 Å². The molecule has 4 rings (SSSR count). The van der Waals surface area contributed by atoms with Gasteiger partial charge in [-0.1, -0.05) is 12.1 Å². The fourth-order valence-electron chi connectivity index (χ4n) is 4.41. The van der Waals surface area contributed by atoms with Gasteiger partial charge < -0.3 is 14.8 Å². The van der Waals surface area contributed by atoms with Gasteiger partial charge in [0, 0.05) is 18.6 Å². The van der Waals surface area contributed by atoms with E-state index in [0.717, 1.165) is 44.2 Å². The molecule has 3 aliphatic heterocycles. The topological polar surface area (TPSA) is 37.0 Å². The summed E-state index contributed by atoms with van der Waals surface area (Å²) >= 11 is 0. The number of para-hydroxylation sites is 2. The van der Waals surface area contributed by atoms with Crippen molar-refractivity contribution in [1.29, 1.82) is 0 Å². The number of likely N-dealkylation sites (N-methyl/N-ethyl adjacent to an activating group) is 1. The number of hydrogen-bond acceptors (Lipinski definition) is 5. The van der Waals surface area contributed by atoms with Gasteiger partial charge in [-0.15, -0.1) is 0 Å². The number of piperidine rings is 1. The minimum absolute atomic E-state index is 0.127. The lowest BCUT2D eigenvalue weighted by Crippen LogP contribution is -2.58. The van der Waals surface area contributed by atoms with Crippen molar-refractivity contribution < 1.29 is 9.47 Å². The molecule has 1 spiro atoms. The SMILES string of the molecule is CN1CCCN(CC2COc3ccccc3O2)CC12CCNCC2. The lowest BCUT2D eigenvalue weighted by atomic mass is 9.86. The molecule has 5 nitrogen and oxygen atoms in total. The summed E-state index contributed by atoms with van der Waals surface area (Å²) < 4.78 is 12.1. The first kappa shape index (κ1) is 16.2. The molecule has 0 bridgehead atoms. The maximum atomic E-state index is 6.19. The standard InChI is InChI=1S/C19H29N3O2/c1-21-11-4-12-22(15-19(21)7-9-20-10-8-19)13-16-14-23-17-5-2-3-6-18(17)24-16/h2-3,5-6,16,20H,4,7-15H2,1H3. The van der Waals surface area contributed by atoms with Crippen LogP contribution in [-0.2, 0) is 0 Å². The predicted octanol–water partition coefficient (Wildman–Crippen LogP) is 1.59. The summed E-state index contributed by atoms with van der Waals surface area (Å²) in [6.45, 7) is 7.37. The lowest BCUT2D eigenvalue weighted by molar-refractivity contribution is 0.0303. The van der Waals surface area contributed by atoms with Gasteiger partial charge in [-0.25, -0.2) is 0 Å². The van der Waals surface area contributed by atoms with Crippen LogP contribution in [0.15, 0.2) is 24.3 Å². The largest absolute Gasteiger partial charge is 0.486 e. The van der Waals surface area contributed by atoms with E-state index in [9.17, 15) is 0 Å². The Morgan fingerprint density at radius 1 is 1.17 bits per heavy atom. The smallest absolute Gasteiger partial charge is 0.161 e. The molecule has 0 saturated carbocycles. The molecule has 0 aromatic heterocycles. The zero-order valence-corrected chi connectivity index (χ0v) is 14.7. The van der Waals surface area contributed by atoms with Crippen LogP contribution >= 0.6 is 0 Å². The molecule has 1 atom stereocenters. The third kappa shape index (κ3) is 3.25. The zero-order chi connectivity index (χ0) is 16.4. The van der Waals surface area contributed by atoms with Gasteiger partial charge in [0.1, 0.15) is 12.7 Å². The summed E-state index contributed by atoms with van der Waals surface area (Å²) in [4.78, 5) is 5.22. The monoisotopic (exact) mass is 331 g/mol. The molecule has 1 aromatic carbocycles. The summed E-state index contributed by atoms with van der Waals surface area (Å²) in [6, 6.07) is 7.99. The first-order chi connectivity index (χ1) is 11.8. The highest BCUT2D eigenvalue weighted by molar-refractivity contribution is 5.40. The van der Waals surface area contributed by atoms with Crippen LogP contribution < -0.4 is 14.8 Å². The van der Waals surface area contributed by atoms with Gasteiger partial charge in [0.15, 0.2) is 11.5 Å². The predicted molar refractivity (Wildman–Crippen MR) is 94.9 cm³/mol. The Balaban J connectivity index is 1.42. The summed E-state index contributed by atoms with van der Waals surface area (Å²) in [5.41, 5.74) is 0.329. The van der Waals surface area contributed by atoms with Gasteiger partial charge in [-0.3, -0.25) is 9.80 Å². The molecule has 132 valence electrons. The number of nitrogens with one attached hydrogen (secondary N) is 1. The quantitative estimate of drug-likeness (QED) is 0.891. The molecule has 1 aromatic rings. The van der Waals surface area contributed by atoms with Crippen LogP contribution in [0.4, 0.5) is 0 Å². The summed E-state index contributed by atoms with van der Waals surface area (Å²) in [5.74, 6) is 1.76. The number of rotatable bonds is 2. The second-order valence-electron chi connectivity index (χ2n) is 7.48. The zero-order valence-electron chi connectivity index (χ0n) is 14.7. The molecule has 0 radical (unpaired) electrons. The molecule has 5 heteroatoms. The average Bonchev–Trinajstić information content (AvgIpc) is 2.75. The van der Waals surface area contributed by atoms with E-state index in [2.05, 4.69) is 22.2 Å². The number of ether oxygens (including phenoxy) is 2. The Labute approximate surface area is 144 Å². The Morgan fingerprint density at radius 3 is 2.79 bits per heavy atom. The van der Waals surface area contributed by atoms with E-state index in [4.69, 9.17) is 9.47 Å². The van der Waals surface area contributed by atoms with Crippen LogP contribution in [-0.4, -0.2) is 74.4 Å². The van der Waals surface area contributed by atoms with Gasteiger partial charge in [0.2, 0.25) is 0 Å². The van der Waals surface area contributed by atoms with Crippen molar-refractivity contribution in [1.82, 2.24) is 15.1 Å². The summed E-state index contributed by atoms with van der Waals surface area (Å²) in [5, 5.41) is 3.51. The first-order valence-electron chi connectivity index (χ1n) is 9.28. The lowest BCUT2D eigenvalue weighted by Gasteiger charge is -2.46. The van der Waals surface area contributed by atoms with E-state index in [-0.39, 0.29) is 6.10 Å². The van der Waals surface area contributed by atoms with Crippen LogP contribution in [0.25, 0.3) is 0 Å². The second kappa shape index (κ2) is 6.90. The molecular weight excluding hydrogens is 302 g/mol. The number of nitrogens with zero attached hydrogens (tertiary/aromatic N) is 2. The van der Waals surface area contributed by atoms with Gasteiger partial charge in [0.05, 0.1) is 0 Å². The van der Waals surface area contributed by atoms with Gasteiger partial charge in [0.25, 0.3) is 0 Å². The van der Waals surface area contributed by atoms with Crippen LogP contribution in [0.3, 0.4) is 0 Å². The van der Waals surface area contributed by atoms with E-state index >= 15 is 0 Å². The third-order valence-electron chi connectivity index (χ3n) is 5.86. The molecule has 2 fully saturated rings. The van der Waals surface area contributed by atoms with Crippen LogP contribution in [0.1, 0.15) is 19.3 Å². The minimum Gasteiger partial charge on any atom is -0.486 e. The van der Waals surface area contributed by atoms with E-state index in [1.165, 1.54) is 25.8 Å². The molecule has 2 saturated heterocycles. The second-order valence-corrected chi connectivity index (χ2v) is 7.48. The molecule has 0 aliphatic carbocycles. The molecule has 24 heavy (non-hydrogen) atoms. The highest BCUT2D eigenvalue weighted by Crippen LogP contribution is 2.32. The minimum atomic E-state index is 0.127. The fourth-order valence-corrected chi connectivity index (χ4v) is 4.41. The van der Waals surface area contributed by atoms with Gasteiger partial charge >= 0.3 is 0 Å². The van der Waals surface area contributed by atoms with Crippen LogP contribution in [0.2, 0.25) is 0 Å². The Kier molecular flexibility index (Phi) is 4.66. The van der Waals surface area contributed by atoms with Crippen LogP contribution in [0.5, 0.6) is 11.5 Å². The van der Waals surface area contributed by atoms with Crippen LogP contribution in [0, 0.1) is 0 Å². The fraction of sp³-hybridized carbons (Fsp3) is 0.684. The Morgan fingerprint density at radius 2 is 1.96 bits per heavy atom. The molecule has 0 amide bonds. The van der Waals surface area contributed by atoms with E-state index in [1.54, 1.807) is 0 Å². The van der Waals surface area contributed by atoms with E-state index < -0.39 is 0 Å². The Bertz CT molecular complexity index is 559. The molecule has 1 unspecified atom stereocenters. The molecular formula is C19H29N3O2. The van der Waals surface area contributed by atoms with Crippen molar-refractivity contribution in [3.05, 3.63) is 24.3 Å². The average molecular weight is 331 g/mol. The number of benzene rings is 1.